The van der Waals surface area contributed by atoms with Crippen LogP contribution in [0.5, 0.6) is 0 Å². The Hall–Kier alpha value is -2.71. The van der Waals surface area contributed by atoms with E-state index in [4.69, 9.17) is 4.74 Å². The lowest BCUT2D eigenvalue weighted by molar-refractivity contribution is 0.122. The number of morpholine rings is 1. The molecular formula is C22H27N5O6S2. The van der Waals surface area contributed by atoms with Crippen molar-refractivity contribution in [2.24, 2.45) is 0 Å². The molecule has 2 aromatic carbocycles. The highest BCUT2D eigenvalue weighted by Gasteiger charge is 2.18. The van der Waals surface area contributed by atoms with Crippen LogP contribution >= 0.6 is 0 Å². The van der Waals surface area contributed by atoms with Crippen molar-refractivity contribution >= 4 is 36.9 Å². The van der Waals surface area contributed by atoms with Crippen molar-refractivity contribution in [2.75, 3.05) is 44.0 Å². The molecule has 1 aromatic heterocycles. The highest BCUT2D eigenvalue weighted by atomic mass is 32.2. The highest BCUT2D eigenvalue weighted by molar-refractivity contribution is 7.88. The number of sulfonamides is 1. The number of rotatable bonds is 9. The van der Waals surface area contributed by atoms with E-state index in [0.29, 0.717) is 68.5 Å². The average Bonchev–Trinajstić information content (AvgIpc) is 2.81. The minimum atomic E-state index is -4.30. The number of aryl methyl sites for hydroxylation is 1. The zero-order valence-corrected chi connectivity index (χ0v) is 20.8. The van der Waals surface area contributed by atoms with Gasteiger partial charge in [0.2, 0.25) is 16.0 Å². The predicted molar refractivity (Wildman–Crippen MR) is 131 cm³/mol. The molecule has 1 aliphatic heterocycles. The molecule has 1 saturated heterocycles. The van der Waals surface area contributed by atoms with E-state index in [9.17, 15) is 21.4 Å². The second kappa shape index (κ2) is 10.5. The number of ether oxygens (including phenoxy) is 1. The number of aromatic nitrogens is 3. The molecule has 4 rings (SSSR count). The van der Waals surface area contributed by atoms with Crippen molar-refractivity contribution in [2.45, 2.75) is 24.2 Å². The van der Waals surface area contributed by atoms with Gasteiger partial charge in [0.1, 0.15) is 11.6 Å². The molecule has 0 radical (unpaired) electrons. The van der Waals surface area contributed by atoms with Crippen LogP contribution in [0.25, 0.3) is 10.8 Å². The summed E-state index contributed by atoms with van der Waals surface area (Å²) in [7, 11) is -7.57. The number of nitrogens with zero attached hydrogens (tertiary/aromatic N) is 4. The SMILES string of the molecule is CS(=O)(=O)NCCCc1nc(Cc2cccc3cc(S(=O)(=O)O)ccc23)nc(N2CCOCC2)n1. The van der Waals surface area contributed by atoms with Crippen molar-refractivity contribution in [1.29, 1.82) is 0 Å². The first-order valence-electron chi connectivity index (χ1n) is 11.1. The number of nitrogens with one attached hydrogen (secondary N) is 1. The lowest BCUT2D eigenvalue weighted by atomic mass is 10.0. The maximum absolute atomic E-state index is 11.5. The third kappa shape index (κ3) is 6.92. The molecule has 0 aliphatic carbocycles. The molecular weight excluding hydrogens is 494 g/mol. The Bertz CT molecular complexity index is 1420. The van der Waals surface area contributed by atoms with Crippen molar-refractivity contribution < 1.29 is 26.1 Å². The minimum absolute atomic E-state index is 0.165. The van der Waals surface area contributed by atoms with Gasteiger partial charge < -0.3 is 9.64 Å². The van der Waals surface area contributed by atoms with Crippen molar-refractivity contribution in [1.82, 2.24) is 19.7 Å². The van der Waals surface area contributed by atoms with Crippen molar-refractivity contribution in [3.05, 3.63) is 53.6 Å². The summed E-state index contributed by atoms with van der Waals surface area (Å²) in [6, 6.07) is 9.97. The van der Waals surface area contributed by atoms with Gasteiger partial charge in [-0.05, 0) is 34.9 Å². The molecule has 0 saturated carbocycles. The third-order valence-corrected chi connectivity index (χ3v) is 7.12. The average molecular weight is 522 g/mol. The summed E-state index contributed by atoms with van der Waals surface area (Å²) in [5.41, 5.74) is 0.896. The zero-order valence-electron chi connectivity index (χ0n) is 19.2. The van der Waals surface area contributed by atoms with Crippen LogP contribution in [0, 0.1) is 0 Å². The second-order valence-corrected chi connectivity index (χ2v) is 11.5. The molecule has 13 heteroatoms. The van der Waals surface area contributed by atoms with Gasteiger partial charge in [-0.3, -0.25) is 4.55 Å². The van der Waals surface area contributed by atoms with Crippen LogP contribution < -0.4 is 9.62 Å². The van der Waals surface area contributed by atoms with E-state index >= 15 is 0 Å². The summed E-state index contributed by atoms with van der Waals surface area (Å²) in [6.07, 6.45) is 2.51. The van der Waals surface area contributed by atoms with Gasteiger partial charge in [-0.1, -0.05) is 24.3 Å². The zero-order chi connectivity index (χ0) is 25.1. The Morgan fingerprint density at radius 1 is 1.03 bits per heavy atom. The molecule has 1 fully saturated rings. The van der Waals surface area contributed by atoms with Crippen molar-refractivity contribution in [3.63, 3.8) is 0 Å². The Balaban J connectivity index is 1.63. The first-order chi connectivity index (χ1) is 16.6. The largest absolute Gasteiger partial charge is 0.378 e. The fourth-order valence-electron chi connectivity index (χ4n) is 3.87. The molecule has 0 spiro atoms. The first kappa shape index (κ1) is 25.4. The van der Waals surface area contributed by atoms with E-state index in [-0.39, 0.29) is 11.4 Å². The topological polar surface area (TPSA) is 152 Å². The summed E-state index contributed by atoms with van der Waals surface area (Å²) >= 11 is 0. The molecule has 2 heterocycles. The predicted octanol–water partition coefficient (Wildman–Crippen LogP) is 1.18. The summed E-state index contributed by atoms with van der Waals surface area (Å²) in [4.78, 5) is 15.8. The van der Waals surface area contributed by atoms with E-state index in [1.54, 1.807) is 12.1 Å². The van der Waals surface area contributed by atoms with E-state index in [2.05, 4.69) is 19.7 Å². The molecule has 0 amide bonds. The van der Waals surface area contributed by atoms with Crippen LogP contribution in [0.2, 0.25) is 0 Å². The monoisotopic (exact) mass is 521 g/mol. The van der Waals surface area contributed by atoms with Crippen LogP contribution in [-0.2, 0) is 37.7 Å². The van der Waals surface area contributed by atoms with Crippen LogP contribution in [0.4, 0.5) is 5.95 Å². The second-order valence-electron chi connectivity index (χ2n) is 8.29. The normalized spacial score (nSPS) is 15.0. The van der Waals surface area contributed by atoms with E-state index in [0.717, 1.165) is 17.2 Å². The molecule has 1 aliphatic rings. The smallest absolute Gasteiger partial charge is 0.294 e. The molecule has 3 aromatic rings. The molecule has 0 bridgehead atoms. The van der Waals surface area contributed by atoms with Gasteiger partial charge in [0.15, 0.2) is 0 Å². The highest BCUT2D eigenvalue weighted by Crippen LogP contribution is 2.24. The van der Waals surface area contributed by atoms with Gasteiger partial charge >= 0.3 is 0 Å². The van der Waals surface area contributed by atoms with Gasteiger partial charge in [0.25, 0.3) is 10.1 Å². The van der Waals surface area contributed by atoms with Gasteiger partial charge in [0.05, 0.1) is 24.4 Å². The lowest BCUT2D eigenvalue weighted by Gasteiger charge is -2.27. The number of hydrogen-bond acceptors (Lipinski definition) is 9. The fourth-order valence-corrected chi connectivity index (χ4v) is 4.90. The molecule has 0 unspecified atom stereocenters. The first-order valence-corrected chi connectivity index (χ1v) is 14.4. The number of benzene rings is 2. The third-order valence-electron chi connectivity index (χ3n) is 5.54. The van der Waals surface area contributed by atoms with Crippen LogP contribution in [0.15, 0.2) is 41.3 Å². The Labute approximate surface area is 204 Å². The van der Waals surface area contributed by atoms with Crippen molar-refractivity contribution in [3.8, 4) is 0 Å². The standard InChI is InChI=1S/C22H27N5O6S2/c1-34(28,29)23-9-3-6-20-24-21(26-22(25-20)27-10-12-33-13-11-27)15-17-5-2-4-16-14-18(35(30,31)32)7-8-19(16)17/h2,4-5,7-8,14,23H,3,6,9-13,15H2,1H3,(H,30,31,32). The number of hydrogen-bond donors (Lipinski definition) is 2. The summed E-state index contributed by atoms with van der Waals surface area (Å²) in [5, 5.41) is 1.50. The summed E-state index contributed by atoms with van der Waals surface area (Å²) in [6.45, 7) is 2.75. The Morgan fingerprint density at radius 3 is 2.49 bits per heavy atom. The quantitative estimate of drug-likeness (QED) is 0.310. The van der Waals surface area contributed by atoms with E-state index in [1.165, 1.54) is 12.1 Å². The van der Waals surface area contributed by atoms with E-state index in [1.807, 2.05) is 17.0 Å². The number of fused-ring (bicyclic) bond motifs is 1. The maximum Gasteiger partial charge on any atom is 0.294 e. The van der Waals surface area contributed by atoms with Crippen LogP contribution in [0.3, 0.4) is 0 Å². The van der Waals surface area contributed by atoms with Crippen LogP contribution in [-0.4, -0.2) is 75.4 Å². The molecule has 2 N–H and O–H groups in total. The van der Waals surface area contributed by atoms with Gasteiger partial charge in [-0.15, -0.1) is 0 Å². The molecule has 0 atom stereocenters. The molecule has 188 valence electrons. The van der Waals surface area contributed by atoms with E-state index < -0.39 is 20.1 Å². The minimum Gasteiger partial charge on any atom is -0.378 e. The summed E-state index contributed by atoms with van der Waals surface area (Å²) < 4.78 is 63.0. The van der Waals surface area contributed by atoms with Gasteiger partial charge in [0, 0.05) is 32.5 Å². The Morgan fingerprint density at radius 2 is 1.77 bits per heavy atom. The molecule has 11 nitrogen and oxygen atoms in total. The Kier molecular flexibility index (Phi) is 7.62. The maximum atomic E-state index is 11.5. The lowest BCUT2D eigenvalue weighted by Crippen LogP contribution is -2.37. The molecule has 35 heavy (non-hydrogen) atoms. The van der Waals surface area contributed by atoms with Crippen LogP contribution in [0.1, 0.15) is 23.6 Å². The van der Waals surface area contributed by atoms with Gasteiger partial charge in [-0.2, -0.15) is 18.4 Å². The number of anilines is 1. The van der Waals surface area contributed by atoms with Gasteiger partial charge in [-0.25, -0.2) is 18.1 Å². The fraction of sp³-hybridized carbons (Fsp3) is 0.409. The summed E-state index contributed by atoms with van der Waals surface area (Å²) in [5.74, 6) is 1.68.